The van der Waals surface area contributed by atoms with E-state index in [1.54, 1.807) is 19.2 Å². The number of benzene rings is 2. The number of likely N-dealkylation sites (N-methyl/N-ethyl adjacent to an activating group) is 1. The third kappa shape index (κ3) is 6.16. The van der Waals surface area contributed by atoms with E-state index < -0.39 is 11.9 Å². The summed E-state index contributed by atoms with van der Waals surface area (Å²) in [6.07, 6.45) is 0.532. The van der Waals surface area contributed by atoms with Gasteiger partial charge in [0.25, 0.3) is 11.8 Å². The van der Waals surface area contributed by atoms with E-state index in [1.165, 1.54) is 18.9 Å². The fraction of sp³-hybridized carbons (Fsp3) is 0.261. The summed E-state index contributed by atoms with van der Waals surface area (Å²) in [6, 6.07) is 16.2. The van der Waals surface area contributed by atoms with E-state index in [-0.39, 0.29) is 24.3 Å². The summed E-state index contributed by atoms with van der Waals surface area (Å²) in [7, 11) is 3.00. The highest BCUT2D eigenvalue weighted by molar-refractivity contribution is 6.02. The number of esters is 1. The average molecular weight is 451 g/mol. The number of aromatic amines is 1. The maximum Gasteiger partial charge on any atom is 0.302 e. The van der Waals surface area contributed by atoms with Crippen LogP contribution in [0.25, 0.3) is 0 Å². The minimum atomic E-state index is -0.826. The topological polar surface area (TPSA) is 127 Å². The zero-order valence-electron chi connectivity index (χ0n) is 18.6. The predicted molar refractivity (Wildman–Crippen MR) is 120 cm³/mol. The molecule has 1 aliphatic heterocycles. The van der Waals surface area contributed by atoms with Crippen molar-refractivity contribution in [1.29, 1.82) is 0 Å². The number of nitrogens with one attached hydrogen (secondary N) is 2. The molecule has 1 aromatic heterocycles. The normalized spacial score (nSPS) is 14.7. The summed E-state index contributed by atoms with van der Waals surface area (Å²) in [5, 5.41) is 10.6. The first-order chi connectivity index (χ1) is 15.9. The van der Waals surface area contributed by atoms with Crippen LogP contribution in [0.3, 0.4) is 0 Å². The van der Waals surface area contributed by atoms with E-state index in [0.717, 1.165) is 5.56 Å². The summed E-state index contributed by atoms with van der Waals surface area (Å²) in [5.74, 6) is 0.216. The first kappa shape index (κ1) is 23.5. The standard InChI is InChI=1S/C20H19N5O3.C3H6O2/c1-25-15-9-5-6-10-16(15)28-12-14(20(25)27)21-19(26)18-22-17(23-24-18)11-13-7-3-2-4-8-13;1-3(4)5-2/h2-10,14H,11-12H2,1H3,(H,21,26)(H,22,23,24);1-2H3. The van der Waals surface area contributed by atoms with Crippen molar-refractivity contribution in [2.45, 2.75) is 19.4 Å². The number of ether oxygens (including phenoxy) is 2. The first-order valence-corrected chi connectivity index (χ1v) is 10.2. The second-order valence-electron chi connectivity index (χ2n) is 7.18. The average Bonchev–Trinajstić information content (AvgIpc) is 3.26. The molecule has 2 heterocycles. The monoisotopic (exact) mass is 451 g/mol. The molecular formula is C23H25N5O5. The molecule has 2 amide bonds. The quantitative estimate of drug-likeness (QED) is 0.579. The number of hydrogen-bond donors (Lipinski definition) is 2. The Morgan fingerprint density at radius 2 is 1.82 bits per heavy atom. The molecule has 2 N–H and O–H groups in total. The molecule has 4 rings (SSSR count). The van der Waals surface area contributed by atoms with Gasteiger partial charge < -0.3 is 24.7 Å². The molecule has 0 radical (unpaired) electrons. The number of carbonyl (C=O) groups excluding carboxylic acids is 3. The van der Waals surface area contributed by atoms with E-state index in [4.69, 9.17) is 4.74 Å². The number of nitrogens with zero attached hydrogens (tertiary/aromatic N) is 3. The van der Waals surface area contributed by atoms with Crippen molar-refractivity contribution in [3.63, 3.8) is 0 Å². The molecule has 33 heavy (non-hydrogen) atoms. The molecule has 172 valence electrons. The van der Waals surface area contributed by atoms with Crippen molar-refractivity contribution >= 4 is 23.5 Å². The minimum absolute atomic E-state index is 0.0386. The smallest absolute Gasteiger partial charge is 0.302 e. The van der Waals surface area contributed by atoms with Crippen LogP contribution in [0.2, 0.25) is 0 Å². The summed E-state index contributed by atoms with van der Waals surface area (Å²) in [6.45, 7) is 1.40. The fourth-order valence-electron chi connectivity index (χ4n) is 3.05. The minimum Gasteiger partial charge on any atom is -0.489 e. The highest BCUT2D eigenvalue weighted by Crippen LogP contribution is 2.29. The highest BCUT2D eigenvalue weighted by atomic mass is 16.5. The lowest BCUT2D eigenvalue weighted by atomic mass is 10.1. The van der Waals surface area contributed by atoms with Crippen LogP contribution in [-0.4, -0.2) is 59.8 Å². The molecule has 0 bridgehead atoms. The number of amides is 2. The number of H-pyrrole nitrogens is 1. The van der Waals surface area contributed by atoms with E-state index >= 15 is 0 Å². The van der Waals surface area contributed by atoms with Gasteiger partial charge in [0.2, 0.25) is 5.82 Å². The van der Waals surface area contributed by atoms with Crippen LogP contribution in [0.1, 0.15) is 28.9 Å². The van der Waals surface area contributed by atoms with Gasteiger partial charge in [-0.1, -0.05) is 42.5 Å². The Balaban J connectivity index is 0.000000555. The SMILES string of the molecule is CN1C(=O)C(NC(=O)c2nnc(Cc3ccccc3)[nH]2)COc2ccccc21.COC(C)=O. The molecule has 0 saturated carbocycles. The summed E-state index contributed by atoms with van der Waals surface area (Å²) < 4.78 is 9.81. The highest BCUT2D eigenvalue weighted by Gasteiger charge is 2.31. The van der Waals surface area contributed by atoms with Crippen LogP contribution in [0.5, 0.6) is 5.75 Å². The Kier molecular flexibility index (Phi) is 7.74. The predicted octanol–water partition coefficient (Wildman–Crippen LogP) is 1.73. The molecule has 0 fully saturated rings. The molecule has 1 atom stereocenters. The van der Waals surface area contributed by atoms with Gasteiger partial charge in [-0.2, -0.15) is 0 Å². The third-order valence-electron chi connectivity index (χ3n) is 4.82. The molecule has 1 aliphatic rings. The summed E-state index contributed by atoms with van der Waals surface area (Å²) in [4.78, 5) is 39.2. The Bertz CT molecular complexity index is 1120. The molecular weight excluding hydrogens is 426 g/mol. The van der Waals surface area contributed by atoms with E-state index in [1.807, 2.05) is 42.5 Å². The van der Waals surface area contributed by atoms with Crippen molar-refractivity contribution in [2.75, 3.05) is 25.7 Å². The van der Waals surface area contributed by atoms with Crippen molar-refractivity contribution in [1.82, 2.24) is 20.5 Å². The second kappa shape index (κ2) is 10.9. The number of methoxy groups -OCH3 is 1. The molecule has 10 nitrogen and oxygen atoms in total. The molecule has 0 spiro atoms. The van der Waals surface area contributed by atoms with Gasteiger partial charge in [-0.25, -0.2) is 0 Å². The molecule has 10 heteroatoms. The number of fused-ring (bicyclic) bond motifs is 1. The van der Waals surface area contributed by atoms with Crippen LogP contribution in [0.4, 0.5) is 5.69 Å². The Morgan fingerprint density at radius 1 is 1.15 bits per heavy atom. The van der Waals surface area contributed by atoms with E-state index in [0.29, 0.717) is 23.7 Å². The van der Waals surface area contributed by atoms with Crippen molar-refractivity contribution in [3.8, 4) is 5.75 Å². The Hall–Kier alpha value is -4.21. The number of aromatic nitrogens is 3. The number of hydrogen-bond acceptors (Lipinski definition) is 7. The van der Waals surface area contributed by atoms with Gasteiger partial charge in [-0.05, 0) is 17.7 Å². The molecule has 2 aromatic carbocycles. The fourth-order valence-corrected chi connectivity index (χ4v) is 3.05. The molecule has 1 unspecified atom stereocenters. The second-order valence-corrected chi connectivity index (χ2v) is 7.18. The lowest BCUT2D eigenvalue weighted by Gasteiger charge is -2.19. The lowest BCUT2D eigenvalue weighted by Crippen LogP contribution is -2.49. The van der Waals surface area contributed by atoms with Gasteiger partial charge >= 0.3 is 5.97 Å². The van der Waals surface area contributed by atoms with Gasteiger partial charge in [-0.3, -0.25) is 14.4 Å². The first-order valence-electron chi connectivity index (χ1n) is 10.2. The van der Waals surface area contributed by atoms with Crippen molar-refractivity contribution < 1.29 is 23.9 Å². The van der Waals surface area contributed by atoms with Gasteiger partial charge in [0.1, 0.15) is 24.2 Å². The largest absolute Gasteiger partial charge is 0.489 e. The van der Waals surface area contributed by atoms with Gasteiger partial charge in [0.15, 0.2) is 0 Å². The van der Waals surface area contributed by atoms with Crippen molar-refractivity contribution in [2.24, 2.45) is 0 Å². The number of para-hydroxylation sites is 2. The van der Waals surface area contributed by atoms with Crippen LogP contribution < -0.4 is 15.0 Å². The van der Waals surface area contributed by atoms with Gasteiger partial charge in [0.05, 0.1) is 12.8 Å². The Morgan fingerprint density at radius 3 is 2.52 bits per heavy atom. The molecule has 0 saturated heterocycles. The molecule has 3 aromatic rings. The summed E-state index contributed by atoms with van der Waals surface area (Å²) >= 11 is 0. The zero-order chi connectivity index (χ0) is 23.8. The van der Waals surface area contributed by atoms with Crippen LogP contribution in [0.15, 0.2) is 54.6 Å². The number of anilines is 1. The van der Waals surface area contributed by atoms with Gasteiger partial charge in [-0.15, -0.1) is 10.2 Å². The van der Waals surface area contributed by atoms with Crippen LogP contribution in [-0.2, 0) is 20.7 Å². The van der Waals surface area contributed by atoms with Gasteiger partial charge in [0, 0.05) is 20.4 Å². The van der Waals surface area contributed by atoms with E-state index in [2.05, 4.69) is 25.2 Å². The summed E-state index contributed by atoms with van der Waals surface area (Å²) in [5.41, 5.74) is 1.71. The zero-order valence-corrected chi connectivity index (χ0v) is 18.6. The third-order valence-corrected chi connectivity index (χ3v) is 4.82. The maximum absolute atomic E-state index is 12.7. The number of rotatable bonds is 4. The maximum atomic E-state index is 12.7. The van der Waals surface area contributed by atoms with Crippen molar-refractivity contribution in [3.05, 3.63) is 71.8 Å². The van der Waals surface area contributed by atoms with Crippen LogP contribution in [0, 0.1) is 0 Å². The number of carbonyl (C=O) groups is 3. The van der Waals surface area contributed by atoms with E-state index in [9.17, 15) is 14.4 Å². The van der Waals surface area contributed by atoms with Crippen LogP contribution >= 0.6 is 0 Å². The Labute approximate surface area is 190 Å². The molecule has 0 aliphatic carbocycles. The lowest BCUT2D eigenvalue weighted by molar-refractivity contribution is -0.137.